The first-order chi connectivity index (χ1) is 16.4. The van der Waals surface area contributed by atoms with Gasteiger partial charge in [0.25, 0.3) is 0 Å². The Kier molecular flexibility index (Phi) is 7.94. The summed E-state index contributed by atoms with van der Waals surface area (Å²) in [6, 6.07) is 13.2. The van der Waals surface area contributed by atoms with Crippen LogP contribution in [0, 0.1) is 0 Å². The lowest BCUT2D eigenvalue weighted by atomic mass is 10.1. The third kappa shape index (κ3) is 6.88. The summed E-state index contributed by atoms with van der Waals surface area (Å²) in [5, 5.41) is 2.94. The van der Waals surface area contributed by atoms with E-state index >= 15 is 0 Å². The lowest BCUT2D eigenvalue weighted by Gasteiger charge is -2.34. The normalized spacial score (nSPS) is 13.7. The van der Waals surface area contributed by atoms with Crippen LogP contribution in [0.2, 0.25) is 0 Å². The Balaban J connectivity index is 1.94. The molecule has 2 aromatic carbocycles. The summed E-state index contributed by atoms with van der Waals surface area (Å²) in [4.78, 5) is 28.3. The van der Waals surface area contributed by atoms with Gasteiger partial charge in [0.05, 0.1) is 11.9 Å². The molecule has 1 atom stereocenters. The molecule has 0 unspecified atom stereocenters. The van der Waals surface area contributed by atoms with Gasteiger partial charge in [-0.05, 0) is 44.9 Å². The highest BCUT2D eigenvalue weighted by atomic mass is 32.2. The zero-order chi connectivity index (χ0) is 25.8. The predicted molar refractivity (Wildman–Crippen MR) is 134 cm³/mol. The van der Waals surface area contributed by atoms with Gasteiger partial charge in [-0.2, -0.15) is 0 Å². The minimum atomic E-state index is -3.83. The van der Waals surface area contributed by atoms with Crippen molar-refractivity contribution in [3.05, 3.63) is 54.1 Å². The summed E-state index contributed by atoms with van der Waals surface area (Å²) in [7, 11) is -3.83. The molecule has 0 saturated carbocycles. The third-order valence-electron chi connectivity index (χ3n) is 5.40. The van der Waals surface area contributed by atoms with Gasteiger partial charge < -0.3 is 19.7 Å². The molecular weight excluding hydrogens is 470 g/mol. The van der Waals surface area contributed by atoms with Crippen LogP contribution in [0.4, 0.5) is 5.69 Å². The van der Waals surface area contributed by atoms with E-state index in [1.54, 1.807) is 12.1 Å². The van der Waals surface area contributed by atoms with Gasteiger partial charge in [0.2, 0.25) is 28.6 Å². The number of rotatable bonds is 9. The van der Waals surface area contributed by atoms with Crippen LogP contribution in [-0.4, -0.2) is 56.3 Å². The Morgan fingerprint density at radius 1 is 1.06 bits per heavy atom. The molecule has 190 valence electrons. The van der Waals surface area contributed by atoms with Crippen molar-refractivity contribution in [1.82, 2.24) is 10.2 Å². The standard InChI is InChI=1S/C25H33N3O6S/c1-6-20(24(30)26-25(2,3)4)27(15-18-10-8-7-9-11-18)23(29)16-28(35(5,31)32)19-12-13-21-22(14-19)34-17-33-21/h7-14,20H,6,15-17H2,1-5H3,(H,26,30)/t20-/m1/s1. The molecular formula is C25H33N3O6S. The van der Waals surface area contributed by atoms with E-state index in [0.29, 0.717) is 17.9 Å². The van der Waals surface area contributed by atoms with Crippen LogP contribution in [0.15, 0.2) is 48.5 Å². The van der Waals surface area contributed by atoms with Gasteiger partial charge >= 0.3 is 0 Å². The maximum Gasteiger partial charge on any atom is 0.244 e. The molecule has 0 aromatic heterocycles. The maximum absolute atomic E-state index is 13.7. The quantitative estimate of drug-likeness (QED) is 0.564. The van der Waals surface area contributed by atoms with Gasteiger partial charge in [0.1, 0.15) is 12.6 Å². The van der Waals surface area contributed by atoms with Crippen molar-refractivity contribution in [3.8, 4) is 11.5 Å². The summed E-state index contributed by atoms with van der Waals surface area (Å²) in [5.74, 6) is 0.121. The molecule has 10 heteroatoms. The van der Waals surface area contributed by atoms with Crippen molar-refractivity contribution in [2.75, 3.05) is 23.9 Å². The van der Waals surface area contributed by atoms with Gasteiger partial charge in [0, 0.05) is 18.2 Å². The number of amides is 2. The molecule has 35 heavy (non-hydrogen) atoms. The highest BCUT2D eigenvalue weighted by Crippen LogP contribution is 2.36. The average Bonchev–Trinajstić information content (AvgIpc) is 3.23. The van der Waals surface area contributed by atoms with E-state index in [9.17, 15) is 18.0 Å². The molecule has 3 rings (SSSR count). The largest absolute Gasteiger partial charge is 0.454 e. The Morgan fingerprint density at radius 2 is 1.71 bits per heavy atom. The Bertz CT molecular complexity index is 1160. The summed E-state index contributed by atoms with van der Waals surface area (Å²) in [6.45, 7) is 7.16. The number of carbonyl (C=O) groups excluding carboxylic acids is 2. The minimum absolute atomic E-state index is 0.0442. The fraction of sp³-hybridized carbons (Fsp3) is 0.440. The van der Waals surface area contributed by atoms with Crippen molar-refractivity contribution >= 4 is 27.5 Å². The van der Waals surface area contributed by atoms with E-state index in [-0.39, 0.29) is 24.9 Å². The molecule has 2 amide bonds. The Morgan fingerprint density at radius 3 is 2.31 bits per heavy atom. The molecule has 1 aliphatic rings. The molecule has 9 nitrogen and oxygen atoms in total. The molecule has 1 N–H and O–H groups in total. The van der Waals surface area contributed by atoms with E-state index in [1.807, 2.05) is 58.0 Å². The molecule has 2 aromatic rings. The van der Waals surface area contributed by atoms with Crippen LogP contribution in [0.5, 0.6) is 11.5 Å². The second-order valence-corrected chi connectivity index (χ2v) is 11.4. The molecule has 1 aliphatic heterocycles. The highest BCUT2D eigenvalue weighted by molar-refractivity contribution is 7.92. The number of sulfonamides is 1. The summed E-state index contributed by atoms with van der Waals surface area (Å²) in [5.41, 5.74) is 0.617. The molecule has 0 bridgehead atoms. The SMILES string of the molecule is CC[C@H](C(=O)NC(C)(C)C)N(Cc1ccccc1)C(=O)CN(c1ccc2c(c1)OCO2)S(C)(=O)=O. The number of anilines is 1. The van der Waals surface area contributed by atoms with Crippen molar-refractivity contribution in [2.45, 2.75) is 52.2 Å². The van der Waals surface area contributed by atoms with Crippen LogP contribution in [0.1, 0.15) is 39.7 Å². The van der Waals surface area contributed by atoms with Gasteiger partial charge in [-0.15, -0.1) is 0 Å². The topological polar surface area (TPSA) is 105 Å². The molecule has 0 radical (unpaired) electrons. The van der Waals surface area contributed by atoms with Crippen molar-refractivity contribution in [1.29, 1.82) is 0 Å². The van der Waals surface area contributed by atoms with E-state index in [1.165, 1.54) is 11.0 Å². The molecule has 0 spiro atoms. The van der Waals surface area contributed by atoms with E-state index in [2.05, 4.69) is 5.32 Å². The van der Waals surface area contributed by atoms with Crippen molar-refractivity contribution in [2.24, 2.45) is 0 Å². The number of hydrogen-bond acceptors (Lipinski definition) is 6. The third-order valence-corrected chi connectivity index (χ3v) is 6.54. The maximum atomic E-state index is 13.7. The zero-order valence-electron chi connectivity index (χ0n) is 20.8. The minimum Gasteiger partial charge on any atom is -0.454 e. The summed E-state index contributed by atoms with van der Waals surface area (Å²) in [6.07, 6.45) is 1.40. The van der Waals surface area contributed by atoms with Crippen LogP contribution in [0.3, 0.4) is 0 Å². The van der Waals surface area contributed by atoms with Crippen LogP contribution < -0.4 is 19.1 Å². The fourth-order valence-corrected chi connectivity index (χ4v) is 4.65. The fourth-order valence-electron chi connectivity index (χ4n) is 3.81. The Hall–Kier alpha value is -3.27. The van der Waals surface area contributed by atoms with Gasteiger partial charge in [0.15, 0.2) is 11.5 Å². The highest BCUT2D eigenvalue weighted by Gasteiger charge is 2.33. The van der Waals surface area contributed by atoms with Crippen LogP contribution in [0.25, 0.3) is 0 Å². The lowest BCUT2D eigenvalue weighted by Crippen LogP contribution is -2.55. The number of fused-ring (bicyclic) bond motifs is 1. The smallest absolute Gasteiger partial charge is 0.244 e. The van der Waals surface area contributed by atoms with E-state index < -0.39 is 34.1 Å². The van der Waals surface area contributed by atoms with Gasteiger partial charge in [-0.1, -0.05) is 37.3 Å². The second-order valence-electron chi connectivity index (χ2n) is 9.48. The molecule has 0 saturated heterocycles. The number of carbonyl (C=O) groups is 2. The number of ether oxygens (including phenoxy) is 2. The summed E-state index contributed by atoms with van der Waals surface area (Å²) < 4.78 is 37.1. The lowest BCUT2D eigenvalue weighted by molar-refractivity contribution is -0.141. The average molecular weight is 504 g/mol. The summed E-state index contributed by atoms with van der Waals surface area (Å²) >= 11 is 0. The first-order valence-electron chi connectivity index (χ1n) is 11.4. The van der Waals surface area contributed by atoms with Gasteiger partial charge in [-0.3, -0.25) is 13.9 Å². The predicted octanol–water partition coefficient (Wildman–Crippen LogP) is 2.90. The first kappa shape index (κ1) is 26.3. The van der Waals surface area contributed by atoms with E-state index in [0.717, 1.165) is 16.1 Å². The van der Waals surface area contributed by atoms with Crippen LogP contribution >= 0.6 is 0 Å². The zero-order valence-corrected chi connectivity index (χ0v) is 21.6. The van der Waals surface area contributed by atoms with E-state index in [4.69, 9.17) is 9.47 Å². The molecule has 1 heterocycles. The Labute approximate surface area is 207 Å². The first-order valence-corrected chi connectivity index (χ1v) is 13.3. The number of benzene rings is 2. The van der Waals surface area contributed by atoms with Crippen molar-refractivity contribution < 1.29 is 27.5 Å². The second kappa shape index (κ2) is 10.6. The molecule has 0 aliphatic carbocycles. The number of hydrogen-bond donors (Lipinski definition) is 1. The van der Waals surface area contributed by atoms with Crippen molar-refractivity contribution in [3.63, 3.8) is 0 Å². The van der Waals surface area contributed by atoms with Crippen LogP contribution in [-0.2, 0) is 26.2 Å². The number of nitrogens with zero attached hydrogens (tertiary/aromatic N) is 2. The van der Waals surface area contributed by atoms with Gasteiger partial charge in [-0.25, -0.2) is 8.42 Å². The molecule has 0 fully saturated rings. The number of nitrogens with one attached hydrogen (secondary N) is 1. The monoisotopic (exact) mass is 503 g/mol.